The molecule has 0 heterocycles. The van der Waals surface area contributed by atoms with Crippen LogP contribution < -0.4 is 5.32 Å². The van der Waals surface area contributed by atoms with Gasteiger partial charge in [-0.2, -0.15) is 0 Å². The fraction of sp³-hybridized carbons (Fsp3) is 0.167. The van der Waals surface area contributed by atoms with Crippen LogP contribution >= 0.6 is 23.2 Å². The normalized spacial score (nSPS) is 12.4. The molecule has 0 aromatic heterocycles. The summed E-state index contributed by atoms with van der Waals surface area (Å²) in [6.45, 7) is 1.38. The first-order valence-electron chi connectivity index (χ1n) is 5.06. The largest absolute Gasteiger partial charge is 0.480 e. The molecule has 0 aliphatic carbocycles. The number of amides is 1. The second kappa shape index (κ2) is 6.42. The number of carbonyl (C=O) groups is 2. The Hall–Kier alpha value is -1.52. The maximum absolute atomic E-state index is 11.4. The number of carboxylic acid groups (broad SMARTS) is 1. The lowest BCUT2D eigenvalue weighted by Crippen LogP contribution is -2.37. The van der Waals surface area contributed by atoms with Gasteiger partial charge in [0.15, 0.2) is 0 Å². The van der Waals surface area contributed by atoms with E-state index in [0.717, 1.165) is 0 Å². The van der Waals surface area contributed by atoms with Crippen LogP contribution in [-0.2, 0) is 9.59 Å². The van der Waals surface area contributed by atoms with E-state index in [2.05, 4.69) is 5.32 Å². The van der Waals surface area contributed by atoms with Crippen molar-refractivity contribution in [2.45, 2.75) is 13.0 Å². The molecule has 0 bridgehead atoms. The van der Waals surface area contributed by atoms with Crippen LogP contribution in [0.1, 0.15) is 12.5 Å². The SMILES string of the molecule is C[C@@H](NC(=O)C=Cc1cc(Cl)ccc1Cl)C(=O)O. The fourth-order valence-corrected chi connectivity index (χ4v) is 1.49. The summed E-state index contributed by atoms with van der Waals surface area (Å²) >= 11 is 11.7. The van der Waals surface area contributed by atoms with Gasteiger partial charge in [-0.3, -0.25) is 9.59 Å². The Labute approximate surface area is 114 Å². The monoisotopic (exact) mass is 287 g/mol. The van der Waals surface area contributed by atoms with Gasteiger partial charge in [0, 0.05) is 16.1 Å². The van der Waals surface area contributed by atoms with Crippen molar-refractivity contribution < 1.29 is 14.7 Å². The summed E-state index contributed by atoms with van der Waals surface area (Å²) in [7, 11) is 0. The van der Waals surface area contributed by atoms with E-state index in [9.17, 15) is 9.59 Å². The molecular formula is C12H11Cl2NO3. The Morgan fingerprint density at radius 3 is 2.67 bits per heavy atom. The van der Waals surface area contributed by atoms with E-state index in [1.165, 1.54) is 19.1 Å². The lowest BCUT2D eigenvalue weighted by molar-refractivity contribution is -0.140. The number of halogens is 2. The highest BCUT2D eigenvalue weighted by atomic mass is 35.5. The molecule has 2 N–H and O–H groups in total. The molecule has 0 saturated heterocycles. The average molecular weight is 288 g/mol. The van der Waals surface area contributed by atoms with Crippen molar-refractivity contribution in [3.8, 4) is 0 Å². The maximum Gasteiger partial charge on any atom is 0.325 e. The molecule has 0 fully saturated rings. The molecule has 0 saturated carbocycles. The highest BCUT2D eigenvalue weighted by Crippen LogP contribution is 2.21. The number of carboxylic acids is 1. The van der Waals surface area contributed by atoms with Crippen molar-refractivity contribution in [1.82, 2.24) is 5.32 Å². The van der Waals surface area contributed by atoms with Crippen LogP contribution in [0.3, 0.4) is 0 Å². The summed E-state index contributed by atoms with van der Waals surface area (Å²) in [4.78, 5) is 21.9. The summed E-state index contributed by atoms with van der Waals surface area (Å²) in [5.41, 5.74) is 0.585. The van der Waals surface area contributed by atoms with E-state index in [1.807, 2.05) is 0 Å². The van der Waals surface area contributed by atoms with Gasteiger partial charge in [0.05, 0.1) is 0 Å². The molecule has 0 unspecified atom stereocenters. The van der Waals surface area contributed by atoms with Crippen LogP contribution in [0.4, 0.5) is 0 Å². The molecule has 96 valence electrons. The molecule has 18 heavy (non-hydrogen) atoms. The van der Waals surface area contributed by atoms with Gasteiger partial charge in [-0.1, -0.05) is 23.2 Å². The molecule has 6 heteroatoms. The van der Waals surface area contributed by atoms with Crippen LogP contribution in [-0.4, -0.2) is 23.0 Å². The Bertz CT molecular complexity index is 500. The molecule has 1 amide bonds. The second-order valence-electron chi connectivity index (χ2n) is 3.57. The van der Waals surface area contributed by atoms with Crippen LogP contribution in [0.5, 0.6) is 0 Å². The van der Waals surface area contributed by atoms with Crippen LogP contribution in [0.25, 0.3) is 6.08 Å². The first kappa shape index (κ1) is 14.5. The average Bonchev–Trinajstić information content (AvgIpc) is 2.30. The fourth-order valence-electron chi connectivity index (χ4n) is 1.13. The Kier molecular flexibility index (Phi) is 5.19. The minimum Gasteiger partial charge on any atom is -0.480 e. The number of aliphatic carboxylic acids is 1. The van der Waals surface area contributed by atoms with E-state index in [1.54, 1.807) is 18.2 Å². The molecule has 0 aliphatic heterocycles. The standard InChI is InChI=1S/C12H11Cl2NO3/c1-7(12(17)18)15-11(16)5-2-8-6-9(13)3-4-10(8)14/h2-7H,1H3,(H,15,16)(H,17,18)/t7-/m1/s1. The zero-order valence-electron chi connectivity index (χ0n) is 9.48. The highest BCUT2D eigenvalue weighted by Gasteiger charge is 2.11. The van der Waals surface area contributed by atoms with Gasteiger partial charge in [0.25, 0.3) is 0 Å². The quantitative estimate of drug-likeness (QED) is 0.837. The molecule has 1 atom stereocenters. The van der Waals surface area contributed by atoms with Gasteiger partial charge in [0.2, 0.25) is 5.91 Å². The Balaban J connectivity index is 2.72. The third-order valence-corrected chi connectivity index (χ3v) is 2.68. The van der Waals surface area contributed by atoms with Gasteiger partial charge < -0.3 is 10.4 Å². The van der Waals surface area contributed by atoms with Crippen molar-refractivity contribution in [1.29, 1.82) is 0 Å². The van der Waals surface area contributed by atoms with Crippen molar-refractivity contribution >= 4 is 41.2 Å². The van der Waals surface area contributed by atoms with E-state index >= 15 is 0 Å². The lowest BCUT2D eigenvalue weighted by atomic mass is 10.2. The maximum atomic E-state index is 11.4. The molecular weight excluding hydrogens is 277 g/mol. The van der Waals surface area contributed by atoms with Crippen LogP contribution in [0.15, 0.2) is 24.3 Å². The van der Waals surface area contributed by atoms with Crippen molar-refractivity contribution in [3.63, 3.8) is 0 Å². The van der Waals surface area contributed by atoms with Gasteiger partial charge in [-0.25, -0.2) is 0 Å². The first-order valence-corrected chi connectivity index (χ1v) is 5.82. The third kappa shape index (κ3) is 4.39. The predicted octanol–water partition coefficient (Wildman–Crippen LogP) is 2.60. The molecule has 1 rings (SSSR count). The summed E-state index contributed by atoms with van der Waals surface area (Å²) < 4.78 is 0. The van der Waals surface area contributed by atoms with Crippen molar-refractivity contribution in [2.75, 3.05) is 0 Å². The molecule has 1 aromatic carbocycles. The van der Waals surface area contributed by atoms with Crippen LogP contribution in [0.2, 0.25) is 10.0 Å². The Morgan fingerprint density at radius 2 is 2.06 bits per heavy atom. The lowest BCUT2D eigenvalue weighted by Gasteiger charge is -2.06. The Morgan fingerprint density at radius 1 is 1.39 bits per heavy atom. The van der Waals surface area contributed by atoms with E-state index in [-0.39, 0.29) is 0 Å². The van der Waals surface area contributed by atoms with E-state index in [4.69, 9.17) is 28.3 Å². The second-order valence-corrected chi connectivity index (χ2v) is 4.41. The summed E-state index contributed by atoms with van der Waals surface area (Å²) in [5, 5.41) is 11.9. The zero-order valence-corrected chi connectivity index (χ0v) is 11.0. The van der Waals surface area contributed by atoms with E-state index < -0.39 is 17.9 Å². The molecule has 0 radical (unpaired) electrons. The minimum absolute atomic E-state index is 0.453. The molecule has 0 aliphatic rings. The van der Waals surface area contributed by atoms with Crippen molar-refractivity contribution in [3.05, 3.63) is 39.9 Å². The third-order valence-electron chi connectivity index (χ3n) is 2.10. The van der Waals surface area contributed by atoms with Crippen LogP contribution in [0, 0.1) is 0 Å². The minimum atomic E-state index is -1.10. The molecule has 1 aromatic rings. The van der Waals surface area contributed by atoms with Gasteiger partial charge in [0.1, 0.15) is 6.04 Å². The molecule has 0 spiro atoms. The topological polar surface area (TPSA) is 66.4 Å². The first-order chi connectivity index (χ1) is 8.40. The smallest absolute Gasteiger partial charge is 0.325 e. The number of hydrogen-bond acceptors (Lipinski definition) is 2. The zero-order chi connectivity index (χ0) is 13.7. The van der Waals surface area contributed by atoms with Crippen molar-refractivity contribution in [2.24, 2.45) is 0 Å². The summed E-state index contributed by atoms with van der Waals surface area (Å²) in [6.07, 6.45) is 2.68. The number of carbonyl (C=O) groups excluding carboxylic acids is 1. The van der Waals surface area contributed by atoms with E-state index in [0.29, 0.717) is 15.6 Å². The number of hydrogen-bond donors (Lipinski definition) is 2. The number of rotatable bonds is 4. The predicted molar refractivity (Wildman–Crippen MR) is 70.7 cm³/mol. The van der Waals surface area contributed by atoms with Gasteiger partial charge in [-0.05, 0) is 36.8 Å². The highest BCUT2D eigenvalue weighted by molar-refractivity contribution is 6.34. The summed E-state index contributed by atoms with van der Waals surface area (Å²) in [5.74, 6) is -1.61. The van der Waals surface area contributed by atoms with Gasteiger partial charge >= 0.3 is 5.97 Å². The number of benzene rings is 1. The summed E-state index contributed by atoms with van der Waals surface area (Å²) in [6, 6.07) is 3.90. The molecule has 4 nitrogen and oxygen atoms in total. The van der Waals surface area contributed by atoms with Gasteiger partial charge in [-0.15, -0.1) is 0 Å². The number of nitrogens with one attached hydrogen (secondary N) is 1.